The number of hydrogen-bond acceptors (Lipinski definition) is 1. The van der Waals surface area contributed by atoms with Gasteiger partial charge in [0.15, 0.2) is 0 Å². The average molecular weight is 184 g/mol. The van der Waals surface area contributed by atoms with E-state index in [9.17, 15) is 0 Å². The molecule has 0 unspecified atom stereocenters. The van der Waals surface area contributed by atoms with Crippen LogP contribution in [0.25, 0.3) is 0 Å². The summed E-state index contributed by atoms with van der Waals surface area (Å²) in [5, 5.41) is 0. The zero-order valence-corrected chi connectivity index (χ0v) is 9.27. The number of rotatable bonds is 0. The van der Waals surface area contributed by atoms with Crippen LogP contribution in [0, 0.1) is 0 Å². The van der Waals surface area contributed by atoms with Crippen LogP contribution in [0.2, 0.25) is 0 Å². The third-order valence-electron chi connectivity index (χ3n) is 0. The zero-order chi connectivity index (χ0) is 2.00. The van der Waals surface area contributed by atoms with Gasteiger partial charge in [-0.25, -0.2) is 0 Å². The fourth-order valence-corrected chi connectivity index (χ4v) is 0. The molecule has 4 heavy (non-hydrogen) atoms. The van der Waals surface area contributed by atoms with Gasteiger partial charge in [0.1, 0.15) is 0 Å². The molecule has 0 aliphatic rings. The van der Waals surface area contributed by atoms with E-state index in [1.54, 1.807) is 0 Å². The van der Waals surface area contributed by atoms with E-state index in [0.717, 1.165) is 0 Å². The van der Waals surface area contributed by atoms with E-state index < -0.39 is 0 Å². The molecule has 0 atom stereocenters. The second kappa shape index (κ2) is 17.8. The summed E-state index contributed by atoms with van der Waals surface area (Å²) >= 11 is 0.125. The second-order valence-corrected chi connectivity index (χ2v) is 0. The van der Waals surface area contributed by atoms with E-state index in [0.29, 0.717) is 0 Å². The van der Waals surface area contributed by atoms with Gasteiger partial charge < -0.3 is 4.28 Å². The van der Waals surface area contributed by atoms with Crippen molar-refractivity contribution in [1.29, 1.82) is 0 Å². The van der Waals surface area contributed by atoms with Gasteiger partial charge in [0.25, 0.3) is 0 Å². The molecule has 0 saturated carbocycles. The summed E-state index contributed by atoms with van der Waals surface area (Å²) < 4.78 is 8.38. The van der Waals surface area contributed by atoms with Crippen molar-refractivity contribution in [2.75, 3.05) is 0 Å². The molecule has 0 aliphatic carbocycles. The Labute approximate surface area is 89.0 Å². The van der Waals surface area contributed by atoms with E-state index in [-0.39, 0.29) is 87.2 Å². The Morgan fingerprint density at radius 3 is 1.50 bits per heavy atom. The van der Waals surface area contributed by atoms with Gasteiger partial charge in [-0.15, -0.1) is 0 Å². The molecule has 0 aromatic rings. The molecule has 0 aromatic heterocycles. The van der Waals surface area contributed by atoms with Crippen molar-refractivity contribution in [2.24, 2.45) is 0 Å². The number of hydrogen-bond donors (Lipinski definition) is 0. The van der Waals surface area contributed by atoms with Crippen molar-refractivity contribution in [3.05, 3.63) is 0 Å². The summed E-state index contributed by atoms with van der Waals surface area (Å²) in [6, 6.07) is 0. The quantitative estimate of drug-likeness (QED) is 0.353. The molecular weight excluding hydrogens is 180 g/mol. The van der Waals surface area contributed by atoms with Crippen LogP contribution < -0.4 is 18.9 Å². The van der Waals surface area contributed by atoms with Crippen molar-refractivity contribution >= 4 is 64.0 Å². The zero-order valence-electron chi connectivity index (χ0n) is 5.82. The van der Waals surface area contributed by atoms with Crippen LogP contribution in [0.5, 0.6) is 0 Å². The first kappa shape index (κ1) is 16.0. The molecule has 0 bridgehead atoms. The van der Waals surface area contributed by atoms with E-state index in [4.69, 9.17) is 3.54 Å². The third-order valence-corrected chi connectivity index (χ3v) is 0. The maximum atomic E-state index is 8.38. The molecule has 0 N–H and O–H groups in total. The van der Waals surface area contributed by atoms with E-state index in [1.165, 1.54) is 0 Å². The Morgan fingerprint density at radius 1 is 1.50 bits per heavy atom. The fraction of sp³-hybridized carbons (Fsp3) is 0. The smallest absolute Gasteiger partial charge is 2.00 e. The first-order valence-corrected chi connectivity index (χ1v) is 1.50. The minimum Gasteiger partial charge on any atom is 2.00 e. The van der Waals surface area contributed by atoms with Gasteiger partial charge in [-0.1, -0.05) is 0 Å². The van der Waals surface area contributed by atoms with E-state index >= 15 is 0 Å². The monoisotopic (exact) mass is 184 g/mol. The Kier molecular flexibility index (Phi) is 71.3. The molecule has 0 spiro atoms. The Hall–Kier alpha value is 2.51. The summed E-state index contributed by atoms with van der Waals surface area (Å²) in [7, 11) is 0. The first-order valence-electron chi connectivity index (χ1n) is 0.289. The van der Waals surface area contributed by atoms with Gasteiger partial charge in [-0.05, 0) is 0 Å². The molecule has 0 amide bonds. The third kappa shape index (κ3) is 8.82. The summed E-state index contributed by atoms with van der Waals surface area (Å²) in [6.45, 7) is 0. The fourth-order valence-electron chi connectivity index (χ4n) is 0. The van der Waals surface area contributed by atoms with E-state index in [1.807, 2.05) is 0 Å². The van der Waals surface area contributed by atoms with Gasteiger partial charge in [0, 0.05) is 0 Å². The summed E-state index contributed by atoms with van der Waals surface area (Å²) in [5.41, 5.74) is 0. The topological polar surface area (TPSA) is 17.1 Å². The Bertz CT molecular complexity index is 14.9. The van der Waals surface area contributed by atoms with Gasteiger partial charge in [0.2, 0.25) is 0 Å². The first-order chi connectivity index (χ1) is 1.00. The molecule has 4 heteroatoms. The summed E-state index contributed by atoms with van der Waals surface area (Å²) in [5.74, 6) is 0. The SMILES string of the molecule is [H-].[H-].[H-].[Li+].[O]=[GaH].[Sr+2]. The molecule has 1 nitrogen and oxygen atoms in total. The van der Waals surface area contributed by atoms with Crippen LogP contribution in [0.4, 0.5) is 0 Å². The normalized spacial score (nSPS) is 0.750. The van der Waals surface area contributed by atoms with Crippen LogP contribution in [0.3, 0.4) is 0 Å². The van der Waals surface area contributed by atoms with Crippen molar-refractivity contribution in [1.82, 2.24) is 0 Å². The van der Waals surface area contributed by atoms with Crippen molar-refractivity contribution in [3.8, 4) is 0 Å². The predicted octanol–water partition coefficient (Wildman–Crippen LogP) is -3.81. The molecule has 0 aromatic carbocycles. The molecule has 16 valence electrons. The van der Waals surface area contributed by atoms with Crippen molar-refractivity contribution in [3.63, 3.8) is 0 Å². The predicted molar refractivity (Wildman–Crippen MR) is 16.9 cm³/mol. The van der Waals surface area contributed by atoms with Gasteiger partial charge >= 0.3 is 86.4 Å². The standard InChI is InChI=1S/Ga.Li.O.Sr.4H/q;+1;;+2;;3*-1. The van der Waals surface area contributed by atoms with Gasteiger partial charge in [0.05, 0.1) is 0 Å². The van der Waals surface area contributed by atoms with Crippen LogP contribution in [0.15, 0.2) is 0 Å². The second-order valence-electron chi connectivity index (χ2n) is 0. The molecule has 0 rings (SSSR count). The maximum Gasteiger partial charge on any atom is 2.00 e. The van der Waals surface area contributed by atoms with Crippen molar-refractivity contribution < 1.29 is 26.7 Å². The maximum absolute atomic E-state index is 8.38. The minimum absolute atomic E-state index is 0. The van der Waals surface area contributed by atoms with Crippen LogP contribution in [-0.4, -0.2) is 64.0 Å². The Balaban J connectivity index is -0.000000000500. The molecule has 0 saturated heterocycles. The van der Waals surface area contributed by atoms with Gasteiger partial charge in [-0.3, -0.25) is 0 Å². The van der Waals surface area contributed by atoms with Crippen molar-refractivity contribution in [2.45, 2.75) is 0 Å². The van der Waals surface area contributed by atoms with Crippen LogP contribution in [0.1, 0.15) is 4.28 Å². The molecule has 0 heterocycles. The molecular formula is H4GaLiOSr. The van der Waals surface area contributed by atoms with Gasteiger partial charge in [-0.2, -0.15) is 0 Å². The minimum atomic E-state index is 0. The Morgan fingerprint density at radius 2 is 1.50 bits per heavy atom. The van der Waals surface area contributed by atoms with Crippen LogP contribution in [-0.2, 0) is 3.54 Å². The summed E-state index contributed by atoms with van der Waals surface area (Å²) in [4.78, 5) is 0. The average Bonchev–Trinajstić information content (AvgIpc) is 1.00. The molecule has 0 radical (unpaired) electrons. The van der Waals surface area contributed by atoms with E-state index in [2.05, 4.69) is 0 Å². The summed E-state index contributed by atoms with van der Waals surface area (Å²) in [6.07, 6.45) is 0. The molecule has 0 aliphatic heterocycles. The molecule has 0 fully saturated rings. The van der Waals surface area contributed by atoms with Crippen LogP contribution >= 0.6 is 0 Å². The largest absolute Gasteiger partial charge is 2.00 e.